The fraction of sp³-hybridized carbons (Fsp3) is 0.176. The Hall–Kier alpha value is -2.31. The number of halogens is 3. The highest BCUT2D eigenvalue weighted by Gasteiger charge is 2.12. The second-order valence-electron chi connectivity index (χ2n) is 5.44. The van der Waals surface area contributed by atoms with Crippen LogP contribution in [0.5, 0.6) is 0 Å². The van der Waals surface area contributed by atoms with Crippen LogP contribution >= 0.6 is 11.6 Å². The number of hydrogen-bond donors (Lipinski definition) is 2. The van der Waals surface area contributed by atoms with E-state index in [9.17, 15) is 13.6 Å². The van der Waals surface area contributed by atoms with Crippen molar-refractivity contribution in [1.82, 2.24) is 15.3 Å². The summed E-state index contributed by atoms with van der Waals surface area (Å²) < 4.78 is 26.7. The molecular formula is C17H14ClF2N3O. The van der Waals surface area contributed by atoms with Crippen molar-refractivity contribution in [2.45, 2.75) is 19.5 Å². The summed E-state index contributed by atoms with van der Waals surface area (Å²) in [6.07, 6.45) is 0. The number of nitrogens with zero attached hydrogens (tertiary/aromatic N) is 1. The number of benzene rings is 2. The highest BCUT2D eigenvalue weighted by molar-refractivity contribution is 6.31. The second-order valence-corrected chi connectivity index (χ2v) is 5.88. The van der Waals surface area contributed by atoms with Crippen LogP contribution in [0.1, 0.15) is 24.4 Å². The van der Waals surface area contributed by atoms with E-state index in [0.29, 0.717) is 27.3 Å². The first kappa shape index (κ1) is 16.5. The van der Waals surface area contributed by atoms with Crippen LogP contribution in [-0.2, 0) is 6.54 Å². The fourth-order valence-corrected chi connectivity index (χ4v) is 2.62. The van der Waals surface area contributed by atoms with Crippen LogP contribution in [-0.4, -0.2) is 9.97 Å². The molecule has 1 aromatic heterocycles. The Morgan fingerprint density at radius 3 is 2.79 bits per heavy atom. The fourth-order valence-electron chi connectivity index (χ4n) is 2.46. The normalized spacial score (nSPS) is 12.5. The molecule has 0 radical (unpaired) electrons. The van der Waals surface area contributed by atoms with E-state index in [2.05, 4.69) is 15.3 Å². The summed E-state index contributed by atoms with van der Waals surface area (Å²) >= 11 is 5.92. The van der Waals surface area contributed by atoms with Gasteiger partial charge in [-0.05, 0) is 31.2 Å². The first-order valence-electron chi connectivity index (χ1n) is 7.31. The summed E-state index contributed by atoms with van der Waals surface area (Å²) in [6, 6.07) is 7.89. The average Bonchev–Trinajstić information content (AvgIpc) is 2.52. The average molecular weight is 350 g/mol. The molecule has 0 fully saturated rings. The largest absolute Gasteiger partial charge is 0.309 e. The van der Waals surface area contributed by atoms with E-state index in [0.717, 1.165) is 6.07 Å². The highest BCUT2D eigenvalue weighted by atomic mass is 35.5. The van der Waals surface area contributed by atoms with Crippen LogP contribution in [0.25, 0.3) is 10.9 Å². The highest BCUT2D eigenvalue weighted by Crippen LogP contribution is 2.18. The minimum Gasteiger partial charge on any atom is -0.309 e. The maximum atomic E-state index is 13.8. The van der Waals surface area contributed by atoms with Gasteiger partial charge in [-0.15, -0.1) is 0 Å². The van der Waals surface area contributed by atoms with Crippen molar-refractivity contribution in [3.05, 3.63) is 74.8 Å². The maximum absolute atomic E-state index is 13.8. The molecule has 3 aromatic rings. The third kappa shape index (κ3) is 3.44. The van der Waals surface area contributed by atoms with Crippen LogP contribution in [0.15, 0.2) is 41.2 Å². The van der Waals surface area contributed by atoms with Gasteiger partial charge in [-0.3, -0.25) is 4.79 Å². The molecule has 3 rings (SSSR count). The second kappa shape index (κ2) is 6.67. The summed E-state index contributed by atoms with van der Waals surface area (Å²) in [5.41, 5.74) is 0.556. The van der Waals surface area contributed by atoms with Crippen LogP contribution in [0.3, 0.4) is 0 Å². The van der Waals surface area contributed by atoms with Gasteiger partial charge in [0.25, 0.3) is 5.56 Å². The maximum Gasteiger partial charge on any atom is 0.258 e. The molecule has 2 aromatic carbocycles. The molecule has 0 aliphatic rings. The van der Waals surface area contributed by atoms with Gasteiger partial charge in [0, 0.05) is 22.7 Å². The van der Waals surface area contributed by atoms with Crippen molar-refractivity contribution in [3.8, 4) is 0 Å². The Kier molecular flexibility index (Phi) is 4.59. The van der Waals surface area contributed by atoms with Gasteiger partial charge in [-0.2, -0.15) is 0 Å². The molecule has 2 N–H and O–H groups in total. The van der Waals surface area contributed by atoms with E-state index in [1.807, 2.05) is 0 Å². The lowest BCUT2D eigenvalue weighted by Crippen LogP contribution is -2.23. The lowest BCUT2D eigenvalue weighted by atomic mass is 10.1. The summed E-state index contributed by atoms with van der Waals surface area (Å²) in [5, 5.41) is 3.99. The smallest absolute Gasteiger partial charge is 0.258 e. The predicted molar refractivity (Wildman–Crippen MR) is 89.0 cm³/mol. The standard InChI is InChI=1S/C17H14ClF2N3O/c1-9(12-5-3-11(19)7-14(12)20)21-8-16-22-15-6-10(18)2-4-13(15)17(24)23-16/h2-7,9,21H,8H2,1H3,(H,22,23,24)/t9-/m0/s1. The van der Waals surface area contributed by atoms with E-state index in [1.165, 1.54) is 12.1 Å². The molecular weight excluding hydrogens is 336 g/mol. The van der Waals surface area contributed by atoms with Crippen LogP contribution in [0.2, 0.25) is 5.02 Å². The topological polar surface area (TPSA) is 57.8 Å². The molecule has 0 spiro atoms. The molecule has 0 aliphatic heterocycles. The van der Waals surface area contributed by atoms with Crippen LogP contribution in [0, 0.1) is 11.6 Å². The zero-order valence-corrected chi connectivity index (χ0v) is 13.5. The first-order chi connectivity index (χ1) is 11.4. The van der Waals surface area contributed by atoms with Gasteiger partial charge in [0.05, 0.1) is 17.4 Å². The number of fused-ring (bicyclic) bond motifs is 1. The van der Waals surface area contributed by atoms with E-state index in [-0.39, 0.29) is 18.1 Å². The van der Waals surface area contributed by atoms with Crippen molar-refractivity contribution < 1.29 is 8.78 Å². The molecule has 1 atom stereocenters. The van der Waals surface area contributed by atoms with Crippen molar-refractivity contribution in [1.29, 1.82) is 0 Å². The number of rotatable bonds is 4. The Labute approximate surface area is 141 Å². The van der Waals surface area contributed by atoms with Crippen LogP contribution < -0.4 is 10.9 Å². The number of hydrogen-bond acceptors (Lipinski definition) is 3. The summed E-state index contributed by atoms with van der Waals surface area (Å²) in [6.45, 7) is 1.96. The molecule has 0 bridgehead atoms. The lowest BCUT2D eigenvalue weighted by Gasteiger charge is -2.15. The third-order valence-corrected chi connectivity index (χ3v) is 3.96. The Morgan fingerprint density at radius 2 is 2.04 bits per heavy atom. The molecule has 0 unspecified atom stereocenters. The summed E-state index contributed by atoms with van der Waals surface area (Å²) in [5.74, 6) is -0.841. The van der Waals surface area contributed by atoms with Crippen molar-refractivity contribution in [2.75, 3.05) is 0 Å². The van der Waals surface area contributed by atoms with E-state index >= 15 is 0 Å². The molecule has 0 saturated carbocycles. The van der Waals surface area contributed by atoms with Gasteiger partial charge in [-0.1, -0.05) is 17.7 Å². The van der Waals surface area contributed by atoms with E-state index < -0.39 is 11.6 Å². The molecule has 7 heteroatoms. The van der Waals surface area contributed by atoms with E-state index in [1.54, 1.807) is 25.1 Å². The predicted octanol–water partition coefficient (Wildman–Crippen LogP) is 3.71. The zero-order chi connectivity index (χ0) is 17.3. The Morgan fingerprint density at radius 1 is 1.25 bits per heavy atom. The first-order valence-corrected chi connectivity index (χ1v) is 7.68. The Balaban J connectivity index is 1.81. The van der Waals surface area contributed by atoms with E-state index in [4.69, 9.17) is 11.6 Å². The Bertz CT molecular complexity index is 958. The quantitative estimate of drug-likeness (QED) is 0.755. The van der Waals surface area contributed by atoms with Gasteiger partial charge in [0.1, 0.15) is 17.5 Å². The molecule has 24 heavy (non-hydrogen) atoms. The molecule has 4 nitrogen and oxygen atoms in total. The SMILES string of the molecule is C[C@H](NCc1nc2cc(Cl)ccc2c(=O)[nH]1)c1ccc(F)cc1F. The molecule has 124 valence electrons. The molecule has 0 aliphatic carbocycles. The minimum atomic E-state index is -0.624. The molecule has 1 heterocycles. The van der Waals surface area contributed by atoms with Crippen LogP contribution in [0.4, 0.5) is 8.78 Å². The van der Waals surface area contributed by atoms with Gasteiger partial charge < -0.3 is 10.3 Å². The monoisotopic (exact) mass is 349 g/mol. The zero-order valence-electron chi connectivity index (χ0n) is 12.7. The lowest BCUT2D eigenvalue weighted by molar-refractivity contribution is 0.511. The van der Waals surface area contributed by atoms with Gasteiger partial charge >= 0.3 is 0 Å². The van der Waals surface area contributed by atoms with Gasteiger partial charge in [0.15, 0.2) is 0 Å². The number of aromatic amines is 1. The summed E-state index contributed by atoms with van der Waals surface area (Å²) in [7, 11) is 0. The molecule has 0 saturated heterocycles. The van der Waals surface area contributed by atoms with Gasteiger partial charge in [-0.25, -0.2) is 13.8 Å². The summed E-state index contributed by atoms with van der Waals surface area (Å²) in [4.78, 5) is 19.1. The third-order valence-electron chi connectivity index (χ3n) is 3.72. The van der Waals surface area contributed by atoms with Gasteiger partial charge in [0.2, 0.25) is 0 Å². The number of H-pyrrole nitrogens is 1. The number of nitrogens with one attached hydrogen (secondary N) is 2. The minimum absolute atomic E-state index is 0.218. The van der Waals surface area contributed by atoms with Crippen molar-refractivity contribution >= 4 is 22.5 Å². The van der Waals surface area contributed by atoms with Crippen molar-refractivity contribution in [3.63, 3.8) is 0 Å². The molecule has 0 amide bonds. The van der Waals surface area contributed by atoms with Crippen molar-refractivity contribution in [2.24, 2.45) is 0 Å². The number of aromatic nitrogens is 2.